The molecule has 0 aliphatic heterocycles. The lowest BCUT2D eigenvalue weighted by molar-refractivity contribution is 0.155. The van der Waals surface area contributed by atoms with Gasteiger partial charge in [-0.1, -0.05) is 7.43 Å². The number of nitrogens with one attached hydrogen (secondary N) is 1. The molecule has 1 atom stereocenters. The quantitative estimate of drug-likeness (QED) is 0.292. The molecular weight excluding hydrogens is 145 g/mol. The second kappa shape index (κ2) is 8.07. The molecular formula is C3H12NO4P. The molecule has 0 aromatic rings. The highest BCUT2D eigenvalue weighted by Crippen LogP contribution is 2.09. The van der Waals surface area contributed by atoms with Crippen LogP contribution in [0.2, 0.25) is 0 Å². The van der Waals surface area contributed by atoms with Crippen molar-refractivity contribution < 1.29 is 19.2 Å². The molecule has 0 aromatic heterocycles. The van der Waals surface area contributed by atoms with Crippen LogP contribution < -0.4 is 5.48 Å². The molecule has 0 spiro atoms. The molecule has 9 heavy (non-hydrogen) atoms. The Kier molecular flexibility index (Phi) is 10.6. The molecule has 0 fully saturated rings. The van der Waals surface area contributed by atoms with Crippen LogP contribution in [-0.2, 0) is 9.19 Å². The number of hydrogen-bond acceptors (Lipinski definition) is 4. The maximum atomic E-state index is 9.69. The molecule has 0 radical (unpaired) electrons. The van der Waals surface area contributed by atoms with Crippen LogP contribution in [0.3, 0.4) is 0 Å². The Morgan fingerprint density at radius 2 is 2.22 bits per heavy atom. The number of rotatable bonds is 4. The summed E-state index contributed by atoms with van der Waals surface area (Å²) in [6.45, 7) is 0.0477. The van der Waals surface area contributed by atoms with E-state index in [4.69, 9.17) is 10.00 Å². The van der Waals surface area contributed by atoms with Gasteiger partial charge in [-0.05, 0) is 0 Å². The zero-order chi connectivity index (χ0) is 6.41. The predicted octanol–water partition coefficient (Wildman–Crippen LogP) is -0.482. The third-order valence-electron chi connectivity index (χ3n) is 0.373. The number of hydroxylamine groups is 1. The normalized spacial score (nSPS) is 12.2. The molecule has 0 aliphatic rings. The van der Waals surface area contributed by atoms with E-state index in [1.165, 1.54) is 0 Å². The minimum absolute atomic E-state index is 0. The molecule has 3 N–H and O–H groups in total. The first-order valence-corrected chi connectivity index (χ1v) is 3.27. The molecule has 1 unspecified atom stereocenters. The second-order valence-corrected chi connectivity index (χ2v) is 1.72. The Morgan fingerprint density at radius 1 is 1.67 bits per heavy atom. The summed E-state index contributed by atoms with van der Waals surface area (Å²) in [7, 11) is -2.88. The Morgan fingerprint density at radius 3 is 2.56 bits per heavy atom. The van der Waals surface area contributed by atoms with Crippen LogP contribution in [0.4, 0.5) is 0 Å². The summed E-state index contributed by atoms with van der Waals surface area (Å²) >= 11 is 0. The summed E-state index contributed by atoms with van der Waals surface area (Å²) in [5.74, 6) is 0. The van der Waals surface area contributed by atoms with Crippen molar-refractivity contribution >= 4 is 8.25 Å². The Balaban J connectivity index is 0. The lowest BCUT2D eigenvalue weighted by Gasteiger charge is -1.96. The molecule has 5 nitrogen and oxygen atoms in total. The first-order valence-electron chi connectivity index (χ1n) is 2.01. The van der Waals surface area contributed by atoms with Gasteiger partial charge in [-0.25, -0.2) is 4.62 Å². The molecule has 0 heterocycles. The summed E-state index contributed by atoms with van der Waals surface area (Å²) in [5, 5.41) is 8.06. The summed E-state index contributed by atoms with van der Waals surface area (Å²) in [6, 6.07) is 0. The Labute approximate surface area is 54.6 Å². The first-order chi connectivity index (χ1) is 3.77. The average molecular weight is 157 g/mol. The van der Waals surface area contributed by atoms with E-state index in [1.54, 1.807) is 0 Å². The van der Waals surface area contributed by atoms with Gasteiger partial charge in [-0.3, -0.25) is 4.57 Å². The monoisotopic (exact) mass is 157 g/mol. The summed E-state index contributed by atoms with van der Waals surface area (Å²) in [6.07, 6.45) is 0. The molecule has 0 rings (SSSR count). The van der Waals surface area contributed by atoms with Gasteiger partial charge < -0.3 is 10.00 Å². The number of hydrogen-bond donors (Lipinski definition) is 3. The number of aliphatic hydroxyl groups excluding tert-OH is 1. The van der Waals surface area contributed by atoms with E-state index in [0.29, 0.717) is 0 Å². The van der Waals surface area contributed by atoms with Crippen molar-refractivity contribution in [1.82, 2.24) is 5.48 Å². The van der Waals surface area contributed by atoms with Crippen molar-refractivity contribution in [2.45, 2.75) is 7.43 Å². The van der Waals surface area contributed by atoms with Gasteiger partial charge in [0, 0.05) is 6.54 Å². The standard InChI is InChI=1S/C2H8NO4P.CH4/c4-2-1-3-7-8(5)6;/h3-4,8H,1-2H2,(H,5,6);1H4. The Bertz CT molecular complexity index is 78.2. The van der Waals surface area contributed by atoms with Crippen molar-refractivity contribution in [2.75, 3.05) is 13.2 Å². The molecule has 0 bridgehead atoms. The minimum Gasteiger partial charge on any atom is -0.395 e. The van der Waals surface area contributed by atoms with Crippen LogP contribution in [0.1, 0.15) is 7.43 Å². The van der Waals surface area contributed by atoms with Crippen LogP contribution in [-0.4, -0.2) is 23.2 Å². The van der Waals surface area contributed by atoms with Gasteiger partial charge in [0.2, 0.25) is 0 Å². The largest absolute Gasteiger partial charge is 0.395 e. The van der Waals surface area contributed by atoms with Crippen molar-refractivity contribution in [3.8, 4) is 0 Å². The number of aliphatic hydroxyl groups is 1. The van der Waals surface area contributed by atoms with Gasteiger partial charge in [0.05, 0.1) is 6.61 Å². The maximum Gasteiger partial charge on any atom is 0.332 e. The van der Waals surface area contributed by atoms with Gasteiger partial charge in [0.1, 0.15) is 0 Å². The van der Waals surface area contributed by atoms with Gasteiger partial charge >= 0.3 is 8.25 Å². The predicted molar refractivity (Wildman–Crippen MR) is 34.1 cm³/mol. The van der Waals surface area contributed by atoms with Crippen LogP contribution in [0, 0.1) is 0 Å². The third-order valence-corrected chi connectivity index (χ3v) is 0.692. The molecule has 58 valence electrons. The fraction of sp³-hybridized carbons (Fsp3) is 1.00. The highest BCUT2D eigenvalue weighted by molar-refractivity contribution is 7.32. The van der Waals surface area contributed by atoms with E-state index in [0.717, 1.165) is 0 Å². The fourth-order valence-corrected chi connectivity index (χ4v) is 0.384. The van der Waals surface area contributed by atoms with E-state index < -0.39 is 8.25 Å². The van der Waals surface area contributed by atoms with Crippen LogP contribution in [0.25, 0.3) is 0 Å². The lowest BCUT2D eigenvalue weighted by atomic mass is 10.8. The smallest absolute Gasteiger partial charge is 0.332 e. The molecule has 6 heteroatoms. The van der Waals surface area contributed by atoms with Crippen LogP contribution in [0.15, 0.2) is 0 Å². The zero-order valence-electron chi connectivity index (χ0n) is 4.13. The molecule has 0 saturated carbocycles. The second-order valence-electron chi connectivity index (χ2n) is 0.986. The fourth-order valence-electron chi connectivity index (χ4n) is 0.158. The molecule has 0 aliphatic carbocycles. The van der Waals surface area contributed by atoms with E-state index in [9.17, 15) is 4.57 Å². The summed E-state index contributed by atoms with van der Waals surface area (Å²) in [5.41, 5.74) is 2.07. The lowest BCUT2D eigenvalue weighted by Crippen LogP contribution is -2.14. The van der Waals surface area contributed by atoms with E-state index >= 15 is 0 Å². The topological polar surface area (TPSA) is 78.8 Å². The SMILES string of the molecule is C.O=[PH](O)ONCCO. The van der Waals surface area contributed by atoms with Gasteiger partial charge in [-0.2, -0.15) is 5.48 Å². The molecule has 0 amide bonds. The first kappa shape index (κ1) is 11.8. The van der Waals surface area contributed by atoms with Crippen LogP contribution in [0.5, 0.6) is 0 Å². The minimum atomic E-state index is -2.88. The molecule has 0 aromatic carbocycles. The van der Waals surface area contributed by atoms with Crippen molar-refractivity contribution in [1.29, 1.82) is 0 Å². The van der Waals surface area contributed by atoms with Gasteiger partial charge in [0.25, 0.3) is 0 Å². The maximum absolute atomic E-state index is 9.69. The van der Waals surface area contributed by atoms with Crippen molar-refractivity contribution in [3.05, 3.63) is 0 Å². The third kappa shape index (κ3) is 11.6. The van der Waals surface area contributed by atoms with E-state index in [1.807, 2.05) is 0 Å². The highest BCUT2D eigenvalue weighted by atomic mass is 31.1. The van der Waals surface area contributed by atoms with Crippen molar-refractivity contribution in [2.24, 2.45) is 0 Å². The van der Waals surface area contributed by atoms with Gasteiger partial charge in [0.15, 0.2) is 0 Å². The zero-order valence-corrected chi connectivity index (χ0v) is 5.13. The van der Waals surface area contributed by atoms with Gasteiger partial charge in [-0.15, -0.1) is 0 Å². The van der Waals surface area contributed by atoms with Crippen LogP contribution >= 0.6 is 8.25 Å². The van der Waals surface area contributed by atoms with E-state index in [-0.39, 0.29) is 20.6 Å². The van der Waals surface area contributed by atoms with Crippen molar-refractivity contribution in [3.63, 3.8) is 0 Å². The average Bonchev–Trinajstić information content (AvgIpc) is 1.66. The summed E-state index contributed by atoms with van der Waals surface area (Å²) < 4.78 is 13.7. The molecule has 0 saturated heterocycles. The highest BCUT2D eigenvalue weighted by Gasteiger charge is 1.87. The van der Waals surface area contributed by atoms with E-state index in [2.05, 4.69) is 10.1 Å². The Hall–Kier alpha value is 0.0700. The summed E-state index contributed by atoms with van der Waals surface area (Å²) in [4.78, 5) is 7.96.